The molecule has 1 fully saturated rings. The summed E-state index contributed by atoms with van der Waals surface area (Å²) >= 11 is 0. The van der Waals surface area contributed by atoms with Crippen LogP contribution in [-0.4, -0.2) is 28.8 Å². The van der Waals surface area contributed by atoms with E-state index in [9.17, 15) is 9.18 Å². The Kier molecular flexibility index (Phi) is 4.06. The molecule has 0 spiro atoms. The minimum Gasteiger partial charge on any atom is -0.376 e. The summed E-state index contributed by atoms with van der Waals surface area (Å²) in [6, 6.07) is 6.38. The van der Waals surface area contributed by atoms with Gasteiger partial charge in [0, 0.05) is 24.2 Å². The molecule has 1 amide bonds. The van der Waals surface area contributed by atoms with Gasteiger partial charge in [-0.05, 0) is 36.5 Å². The smallest absolute Gasteiger partial charge is 0.272 e. The van der Waals surface area contributed by atoms with Crippen LogP contribution in [0.5, 0.6) is 0 Å². The molecule has 0 saturated heterocycles. The molecule has 2 aliphatic rings. The average Bonchev–Trinajstić information content (AvgIpc) is 3.36. The molecule has 2 heterocycles. The summed E-state index contributed by atoms with van der Waals surface area (Å²) in [5.74, 6) is 0.249. The molecule has 4 rings (SSSR count). The van der Waals surface area contributed by atoms with Crippen molar-refractivity contribution in [2.45, 2.75) is 32.4 Å². The first kappa shape index (κ1) is 15.3. The number of aromatic nitrogens is 2. The topological polar surface area (TPSA) is 56.2 Å². The molecule has 0 unspecified atom stereocenters. The second-order valence-corrected chi connectivity index (χ2v) is 6.51. The Hall–Kier alpha value is -2.21. The maximum absolute atomic E-state index is 13.1. The van der Waals surface area contributed by atoms with E-state index in [1.54, 1.807) is 12.1 Å². The minimum atomic E-state index is -0.255. The zero-order valence-corrected chi connectivity index (χ0v) is 13.4. The second kappa shape index (κ2) is 6.36. The van der Waals surface area contributed by atoms with Crippen molar-refractivity contribution in [1.29, 1.82) is 0 Å². The van der Waals surface area contributed by atoms with E-state index < -0.39 is 0 Å². The Morgan fingerprint density at radius 2 is 2.12 bits per heavy atom. The summed E-state index contributed by atoms with van der Waals surface area (Å²) in [6.45, 7) is 2.30. The van der Waals surface area contributed by atoms with Crippen LogP contribution in [0.4, 0.5) is 4.39 Å². The highest BCUT2D eigenvalue weighted by Gasteiger charge is 2.27. The number of nitrogens with zero attached hydrogens (tertiary/aromatic N) is 2. The molecule has 0 radical (unpaired) electrons. The van der Waals surface area contributed by atoms with Crippen molar-refractivity contribution < 1.29 is 13.9 Å². The summed E-state index contributed by atoms with van der Waals surface area (Å²) in [5.41, 5.74) is 3.35. The van der Waals surface area contributed by atoms with E-state index in [2.05, 4.69) is 10.4 Å². The number of fused-ring (bicyclic) bond motifs is 1. The molecule has 2 aromatic rings. The van der Waals surface area contributed by atoms with Crippen molar-refractivity contribution in [3.05, 3.63) is 52.6 Å². The molecule has 126 valence electrons. The molecular weight excluding hydrogens is 309 g/mol. The molecule has 5 nitrogen and oxygen atoms in total. The van der Waals surface area contributed by atoms with Crippen LogP contribution < -0.4 is 5.32 Å². The predicted octanol–water partition coefficient (Wildman–Crippen LogP) is 2.28. The Labute approximate surface area is 139 Å². The van der Waals surface area contributed by atoms with Crippen molar-refractivity contribution in [2.75, 3.05) is 13.2 Å². The van der Waals surface area contributed by atoms with Gasteiger partial charge in [-0.3, -0.25) is 9.48 Å². The van der Waals surface area contributed by atoms with Crippen molar-refractivity contribution in [2.24, 2.45) is 5.92 Å². The minimum absolute atomic E-state index is 0.124. The van der Waals surface area contributed by atoms with Crippen LogP contribution in [-0.2, 0) is 24.3 Å². The van der Waals surface area contributed by atoms with Crippen molar-refractivity contribution >= 4 is 5.91 Å². The number of carbonyl (C=O) groups is 1. The molecule has 1 aliphatic heterocycles. The zero-order valence-electron chi connectivity index (χ0n) is 13.4. The summed E-state index contributed by atoms with van der Waals surface area (Å²) in [4.78, 5) is 12.5. The third kappa shape index (κ3) is 3.19. The van der Waals surface area contributed by atoms with Gasteiger partial charge in [0.2, 0.25) is 0 Å². The fourth-order valence-electron chi connectivity index (χ4n) is 3.03. The largest absolute Gasteiger partial charge is 0.376 e. The van der Waals surface area contributed by atoms with Gasteiger partial charge in [-0.25, -0.2) is 4.39 Å². The number of nitrogens with one attached hydrogen (secondary N) is 1. The highest BCUT2D eigenvalue weighted by Crippen LogP contribution is 2.28. The molecule has 1 N–H and O–H groups in total. The van der Waals surface area contributed by atoms with E-state index in [-0.39, 0.29) is 11.7 Å². The lowest BCUT2D eigenvalue weighted by molar-refractivity contribution is 0.0923. The van der Waals surface area contributed by atoms with Gasteiger partial charge in [0.1, 0.15) is 5.82 Å². The van der Waals surface area contributed by atoms with Crippen molar-refractivity contribution in [3.8, 4) is 0 Å². The predicted molar refractivity (Wildman–Crippen MR) is 86.1 cm³/mol. The van der Waals surface area contributed by atoms with Gasteiger partial charge in [0.25, 0.3) is 5.91 Å². The molecule has 6 heteroatoms. The molecule has 0 atom stereocenters. The molecule has 1 aromatic carbocycles. The number of carbonyl (C=O) groups excluding carboxylic acids is 1. The van der Waals surface area contributed by atoms with Crippen molar-refractivity contribution in [1.82, 2.24) is 15.1 Å². The Balaban J connectivity index is 1.59. The molecule has 1 aliphatic carbocycles. The van der Waals surface area contributed by atoms with Gasteiger partial charge in [0.05, 0.1) is 19.8 Å². The van der Waals surface area contributed by atoms with Crippen LogP contribution in [0.1, 0.15) is 40.2 Å². The maximum atomic E-state index is 13.1. The zero-order chi connectivity index (χ0) is 16.5. The Morgan fingerprint density at radius 3 is 2.88 bits per heavy atom. The third-order valence-electron chi connectivity index (χ3n) is 4.60. The van der Waals surface area contributed by atoms with Crippen LogP contribution in [0.2, 0.25) is 0 Å². The quantitative estimate of drug-likeness (QED) is 0.916. The van der Waals surface area contributed by atoms with E-state index in [4.69, 9.17) is 4.74 Å². The maximum Gasteiger partial charge on any atom is 0.272 e. The van der Waals surface area contributed by atoms with E-state index in [0.29, 0.717) is 31.4 Å². The Morgan fingerprint density at radius 1 is 1.33 bits per heavy atom. The van der Waals surface area contributed by atoms with Crippen LogP contribution in [0.3, 0.4) is 0 Å². The first-order valence-electron chi connectivity index (χ1n) is 8.39. The van der Waals surface area contributed by atoms with Gasteiger partial charge in [-0.2, -0.15) is 5.10 Å². The normalized spacial score (nSPS) is 16.7. The average molecular weight is 329 g/mol. The molecule has 1 aromatic heterocycles. The number of benzene rings is 1. The highest BCUT2D eigenvalue weighted by atomic mass is 19.1. The number of hydrogen-bond donors (Lipinski definition) is 1. The van der Waals surface area contributed by atoms with Gasteiger partial charge in [-0.1, -0.05) is 12.1 Å². The summed E-state index contributed by atoms with van der Waals surface area (Å²) in [5, 5.41) is 7.51. The van der Waals surface area contributed by atoms with E-state index >= 15 is 0 Å². The summed E-state index contributed by atoms with van der Waals surface area (Å²) in [7, 11) is 0. The highest BCUT2D eigenvalue weighted by molar-refractivity contribution is 5.94. The van der Waals surface area contributed by atoms with E-state index in [0.717, 1.165) is 29.8 Å². The fraction of sp³-hybridized carbons (Fsp3) is 0.444. The van der Waals surface area contributed by atoms with Gasteiger partial charge >= 0.3 is 0 Å². The van der Waals surface area contributed by atoms with Crippen LogP contribution in [0.15, 0.2) is 24.3 Å². The van der Waals surface area contributed by atoms with Gasteiger partial charge in [-0.15, -0.1) is 0 Å². The first-order valence-corrected chi connectivity index (χ1v) is 8.39. The number of rotatable bonds is 5. The van der Waals surface area contributed by atoms with E-state index in [1.165, 1.54) is 25.0 Å². The van der Waals surface area contributed by atoms with Crippen LogP contribution in [0, 0.1) is 11.7 Å². The number of hydrogen-bond acceptors (Lipinski definition) is 3. The number of amides is 1. The molecule has 0 bridgehead atoms. The fourth-order valence-corrected chi connectivity index (χ4v) is 3.03. The van der Waals surface area contributed by atoms with Crippen LogP contribution in [0.25, 0.3) is 0 Å². The Bertz CT molecular complexity index is 750. The van der Waals surface area contributed by atoms with Gasteiger partial charge < -0.3 is 10.1 Å². The molecule has 24 heavy (non-hydrogen) atoms. The second-order valence-electron chi connectivity index (χ2n) is 6.51. The van der Waals surface area contributed by atoms with Crippen molar-refractivity contribution in [3.63, 3.8) is 0 Å². The lowest BCUT2D eigenvalue weighted by Crippen LogP contribution is -2.27. The number of halogens is 1. The molecular formula is C18H20FN3O2. The lowest BCUT2D eigenvalue weighted by atomic mass is 10.1. The third-order valence-corrected chi connectivity index (χ3v) is 4.60. The standard InChI is InChI=1S/C18H20FN3O2/c19-14-5-3-13(4-6-14)10-22-16-7-8-24-11-15(16)17(21-22)18(23)20-9-12-1-2-12/h3-6,12H,1-2,7-11H2,(H,20,23). The summed E-state index contributed by atoms with van der Waals surface area (Å²) < 4.78 is 20.5. The monoisotopic (exact) mass is 329 g/mol. The number of ether oxygens (including phenoxy) is 1. The first-order chi connectivity index (χ1) is 11.7. The SMILES string of the molecule is O=C(NCC1CC1)c1nn(Cc2ccc(F)cc2)c2c1COCC2. The summed E-state index contributed by atoms with van der Waals surface area (Å²) in [6.07, 6.45) is 3.13. The van der Waals surface area contributed by atoms with Gasteiger partial charge in [0.15, 0.2) is 5.69 Å². The van der Waals surface area contributed by atoms with Crippen LogP contribution >= 0.6 is 0 Å². The van der Waals surface area contributed by atoms with E-state index in [1.807, 2.05) is 4.68 Å². The lowest BCUT2D eigenvalue weighted by Gasteiger charge is -2.15. The molecule has 1 saturated carbocycles.